The minimum Gasteiger partial charge on any atom is -0.478 e. The maximum absolute atomic E-state index is 13.3. The van der Waals surface area contributed by atoms with Crippen molar-refractivity contribution in [2.45, 2.75) is 6.54 Å². The van der Waals surface area contributed by atoms with Gasteiger partial charge in [0.05, 0.1) is 17.8 Å². The van der Waals surface area contributed by atoms with Gasteiger partial charge in [0.25, 0.3) is 5.56 Å². The van der Waals surface area contributed by atoms with Crippen LogP contribution in [0, 0.1) is 0 Å². The third kappa shape index (κ3) is 3.09. The fourth-order valence-electron chi connectivity index (χ4n) is 3.22. The van der Waals surface area contributed by atoms with Crippen LogP contribution in [0.1, 0.15) is 16.1 Å². The van der Waals surface area contributed by atoms with Gasteiger partial charge in [-0.25, -0.2) is 14.8 Å². The number of aromatic carboxylic acids is 1. The van der Waals surface area contributed by atoms with Crippen molar-refractivity contribution in [3.8, 4) is 5.69 Å². The molecular weight excluding hydrogens is 356 g/mol. The number of hydrogen-bond donors (Lipinski definition) is 2. The second-order valence-electron chi connectivity index (χ2n) is 6.10. The van der Waals surface area contributed by atoms with Crippen LogP contribution < -0.4 is 10.9 Å². The number of carbonyl (C=O) groups is 1. The molecule has 28 heavy (non-hydrogen) atoms. The maximum atomic E-state index is 13.3. The fourth-order valence-corrected chi connectivity index (χ4v) is 3.22. The number of rotatable bonds is 5. The number of anilines is 1. The number of carboxylic acid groups (broad SMARTS) is 1. The summed E-state index contributed by atoms with van der Waals surface area (Å²) in [6.07, 6.45) is 2.98. The zero-order valence-electron chi connectivity index (χ0n) is 14.7. The molecule has 4 rings (SSSR count). The van der Waals surface area contributed by atoms with Crippen LogP contribution in [0.4, 0.5) is 5.82 Å². The second-order valence-corrected chi connectivity index (χ2v) is 6.10. The molecule has 0 aliphatic heterocycles. The van der Waals surface area contributed by atoms with Crippen LogP contribution in [-0.4, -0.2) is 25.6 Å². The van der Waals surface area contributed by atoms with E-state index in [1.807, 2.05) is 6.07 Å². The molecule has 0 spiro atoms. The predicted molar refractivity (Wildman–Crippen MR) is 106 cm³/mol. The highest BCUT2D eigenvalue weighted by molar-refractivity contribution is 6.04. The molecule has 2 aromatic heterocycles. The minimum atomic E-state index is -1.10. The Labute approximate surface area is 159 Å². The molecule has 0 fully saturated rings. The van der Waals surface area contributed by atoms with Crippen LogP contribution >= 0.6 is 0 Å². The van der Waals surface area contributed by atoms with Gasteiger partial charge in [0.15, 0.2) is 0 Å². The molecule has 0 radical (unpaired) electrons. The minimum absolute atomic E-state index is 0.0839. The molecule has 0 saturated heterocycles. The van der Waals surface area contributed by atoms with Crippen molar-refractivity contribution >= 4 is 22.6 Å². The topological polar surface area (TPSA) is 97.1 Å². The van der Waals surface area contributed by atoms with Crippen molar-refractivity contribution in [1.29, 1.82) is 0 Å². The number of hydrogen-bond acceptors (Lipinski definition) is 5. The zero-order valence-corrected chi connectivity index (χ0v) is 14.7. The lowest BCUT2D eigenvalue weighted by atomic mass is 10.0. The van der Waals surface area contributed by atoms with Gasteiger partial charge >= 0.3 is 5.97 Å². The van der Waals surface area contributed by atoms with Gasteiger partial charge in [-0.15, -0.1) is 0 Å². The van der Waals surface area contributed by atoms with Crippen molar-refractivity contribution in [2.24, 2.45) is 0 Å². The van der Waals surface area contributed by atoms with E-state index in [2.05, 4.69) is 15.3 Å². The zero-order chi connectivity index (χ0) is 19.5. The van der Waals surface area contributed by atoms with Crippen molar-refractivity contribution < 1.29 is 9.90 Å². The first-order valence-electron chi connectivity index (χ1n) is 8.62. The molecule has 7 nitrogen and oxygen atoms in total. The van der Waals surface area contributed by atoms with Crippen LogP contribution in [0.25, 0.3) is 16.5 Å². The number of fused-ring (bicyclic) bond motifs is 1. The Kier molecular flexibility index (Phi) is 4.55. The molecule has 2 aromatic carbocycles. The Morgan fingerprint density at radius 1 is 1.00 bits per heavy atom. The standard InChI is InChI=1S/C21H16N4O3/c26-20-16-9-5-4-8-15(16)19(21(27)28)17(12-23-18-10-11-22-13-24-18)25(20)14-6-2-1-3-7-14/h1-11,13H,12H2,(H,27,28)(H,22,23,24). The average molecular weight is 372 g/mol. The van der Waals surface area contributed by atoms with E-state index >= 15 is 0 Å². The molecule has 2 N–H and O–H groups in total. The van der Waals surface area contributed by atoms with Crippen LogP contribution in [-0.2, 0) is 6.54 Å². The summed E-state index contributed by atoms with van der Waals surface area (Å²) in [5, 5.41) is 13.8. The van der Waals surface area contributed by atoms with Crippen molar-refractivity contribution in [3.05, 3.63) is 94.8 Å². The van der Waals surface area contributed by atoms with Crippen LogP contribution in [0.15, 0.2) is 78.0 Å². The van der Waals surface area contributed by atoms with E-state index in [-0.39, 0.29) is 17.7 Å². The summed E-state index contributed by atoms with van der Waals surface area (Å²) in [4.78, 5) is 33.4. The Hall–Kier alpha value is -4.00. The van der Waals surface area contributed by atoms with Gasteiger partial charge in [-0.1, -0.05) is 36.4 Å². The number of carboxylic acids is 1. The van der Waals surface area contributed by atoms with Gasteiger partial charge < -0.3 is 10.4 Å². The van der Waals surface area contributed by atoms with E-state index in [0.717, 1.165) is 0 Å². The van der Waals surface area contributed by atoms with Crippen molar-refractivity contribution in [3.63, 3.8) is 0 Å². The molecule has 2 heterocycles. The van der Waals surface area contributed by atoms with E-state index in [4.69, 9.17) is 0 Å². The van der Waals surface area contributed by atoms with Gasteiger partial charge in [-0.3, -0.25) is 9.36 Å². The molecule has 0 atom stereocenters. The van der Waals surface area contributed by atoms with Crippen LogP contribution in [0.3, 0.4) is 0 Å². The van der Waals surface area contributed by atoms with E-state index in [1.54, 1.807) is 60.8 Å². The first-order valence-corrected chi connectivity index (χ1v) is 8.62. The molecular formula is C21H16N4O3. The van der Waals surface area contributed by atoms with Crippen LogP contribution in [0.2, 0.25) is 0 Å². The molecule has 4 aromatic rings. The van der Waals surface area contributed by atoms with Gasteiger partial charge in [0.1, 0.15) is 12.1 Å². The Morgan fingerprint density at radius 2 is 1.71 bits per heavy atom. The summed E-state index contributed by atoms with van der Waals surface area (Å²) in [7, 11) is 0. The first-order chi connectivity index (χ1) is 13.7. The molecule has 0 aliphatic rings. The maximum Gasteiger partial charge on any atom is 0.338 e. The summed E-state index contributed by atoms with van der Waals surface area (Å²) in [5.74, 6) is -0.563. The van der Waals surface area contributed by atoms with Gasteiger partial charge in [-0.2, -0.15) is 0 Å². The molecule has 0 aliphatic carbocycles. The number of para-hydroxylation sites is 1. The number of pyridine rings is 1. The van der Waals surface area contributed by atoms with E-state index in [1.165, 1.54) is 10.9 Å². The fraction of sp³-hybridized carbons (Fsp3) is 0.0476. The van der Waals surface area contributed by atoms with Gasteiger partial charge in [0.2, 0.25) is 0 Å². The predicted octanol–water partition coefficient (Wildman–Crippen LogP) is 3.09. The SMILES string of the molecule is O=C(O)c1c(CNc2ccncn2)n(-c2ccccc2)c(=O)c2ccccc12. The Morgan fingerprint density at radius 3 is 2.39 bits per heavy atom. The number of aromatic nitrogens is 3. The van der Waals surface area contributed by atoms with E-state index < -0.39 is 5.97 Å². The smallest absolute Gasteiger partial charge is 0.338 e. The summed E-state index contributed by atoms with van der Waals surface area (Å²) >= 11 is 0. The highest BCUT2D eigenvalue weighted by atomic mass is 16.4. The quantitative estimate of drug-likeness (QED) is 0.559. The molecule has 7 heteroatoms. The molecule has 0 amide bonds. The summed E-state index contributed by atoms with van der Waals surface area (Å²) in [5.41, 5.74) is 0.758. The highest BCUT2D eigenvalue weighted by Crippen LogP contribution is 2.23. The molecule has 138 valence electrons. The van der Waals surface area contributed by atoms with Gasteiger partial charge in [0, 0.05) is 22.7 Å². The Bertz CT molecular complexity index is 1200. The molecule has 0 unspecified atom stereocenters. The monoisotopic (exact) mass is 372 g/mol. The largest absolute Gasteiger partial charge is 0.478 e. The van der Waals surface area contributed by atoms with Crippen LogP contribution in [0.5, 0.6) is 0 Å². The summed E-state index contributed by atoms with van der Waals surface area (Å²) < 4.78 is 1.44. The van der Waals surface area contributed by atoms with E-state index in [9.17, 15) is 14.7 Å². The van der Waals surface area contributed by atoms with Gasteiger partial charge in [-0.05, 0) is 24.3 Å². The average Bonchev–Trinajstić information content (AvgIpc) is 2.73. The Balaban J connectivity index is 2.00. The first kappa shape index (κ1) is 17.4. The lowest BCUT2D eigenvalue weighted by molar-refractivity contribution is 0.0697. The lowest BCUT2D eigenvalue weighted by Crippen LogP contribution is -2.27. The van der Waals surface area contributed by atoms with Crippen molar-refractivity contribution in [2.75, 3.05) is 5.32 Å². The molecule has 0 saturated carbocycles. The third-order valence-electron chi connectivity index (χ3n) is 4.44. The van der Waals surface area contributed by atoms with E-state index in [0.29, 0.717) is 28.0 Å². The molecule has 0 bridgehead atoms. The normalized spacial score (nSPS) is 10.7. The lowest BCUT2D eigenvalue weighted by Gasteiger charge is -2.18. The highest BCUT2D eigenvalue weighted by Gasteiger charge is 2.22. The summed E-state index contributed by atoms with van der Waals surface area (Å²) in [6, 6.07) is 17.4. The third-order valence-corrected chi connectivity index (χ3v) is 4.44. The number of nitrogens with one attached hydrogen (secondary N) is 1. The van der Waals surface area contributed by atoms with Crippen molar-refractivity contribution in [1.82, 2.24) is 14.5 Å². The number of nitrogens with zero attached hydrogens (tertiary/aromatic N) is 3. The number of benzene rings is 2. The second kappa shape index (κ2) is 7.32. The summed E-state index contributed by atoms with van der Waals surface area (Å²) in [6.45, 7) is 0.105.